The van der Waals surface area contributed by atoms with Gasteiger partial charge in [-0.05, 0) is 33.1 Å². The Labute approximate surface area is 110 Å². The van der Waals surface area contributed by atoms with Gasteiger partial charge in [0.1, 0.15) is 11.6 Å². The van der Waals surface area contributed by atoms with E-state index in [0.717, 1.165) is 24.0 Å². The molecular weight excluding hydrogens is 226 g/mol. The van der Waals surface area contributed by atoms with Gasteiger partial charge in [-0.25, -0.2) is 4.98 Å². The molecule has 0 radical (unpaired) electrons. The number of anilines is 1. The van der Waals surface area contributed by atoms with Gasteiger partial charge in [-0.1, -0.05) is 20.3 Å². The van der Waals surface area contributed by atoms with Crippen molar-refractivity contribution in [3.63, 3.8) is 0 Å². The molecule has 1 aromatic rings. The molecule has 0 aliphatic rings. The summed E-state index contributed by atoms with van der Waals surface area (Å²) in [4.78, 5) is 8.62. The highest BCUT2D eigenvalue weighted by Crippen LogP contribution is 2.17. The van der Waals surface area contributed by atoms with Crippen LogP contribution in [-0.4, -0.2) is 22.6 Å². The lowest BCUT2D eigenvalue weighted by Crippen LogP contribution is -2.19. The third-order valence-electron chi connectivity index (χ3n) is 2.95. The third-order valence-corrected chi connectivity index (χ3v) is 2.95. The Kier molecular flexibility index (Phi) is 5.89. The molecular formula is C14H25N3O. The lowest BCUT2D eigenvalue weighted by atomic mass is 10.0. The number of nitrogens with one attached hydrogen (secondary N) is 1. The number of aromatic nitrogens is 2. The normalized spacial score (nSPS) is 14.1. The first-order chi connectivity index (χ1) is 8.55. The van der Waals surface area contributed by atoms with E-state index in [1.54, 1.807) is 0 Å². The Balaban J connectivity index is 2.65. The average molecular weight is 251 g/mol. The van der Waals surface area contributed by atoms with Crippen molar-refractivity contribution < 1.29 is 4.74 Å². The van der Waals surface area contributed by atoms with Crippen molar-refractivity contribution in [1.29, 1.82) is 0 Å². The molecule has 1 aromatic heterocycles. The molecule has 0 amide bonds. The van der Waals surface area contributed by atoms with Crippen LogP contribution >= 0.6 is 0 Å². The van der Waals surface area contributed by atoms with Crippen LogP contribution in [-0.2, 0) is 0 Å². The number of nitrogens with zero attached hydrogens (tertiary/aromatic N) is 2. The van der Waals surface area contributed by atoms with Crippen molar-refractivity contribution in [2.45, 2.75) is 53.5 Å². The average Bonchev–Trinajstić information content (AvgIpc) is 2.28. The van der Waals surface area contributed by atoms with E-state index < -0.39 is 0 Å². The summed E-state index contributed by atoms with van der Waals surface area (Å²) in [5, 5.41) is 3.42. The van der Waals surface area contributed by atoms with Crippen LogP contribution in [0.25, 0.3) is 0 Å². The van der Waals surface area contributed by atoms with Crippen molar-refractivity contribution in [1.82, 2.24) is 9.97 Å². The van der Waals surface area contributed by atoms with Crippen molar-refractivity contribution in [3.05, 3.63) is 11.9 Å². The zero-order chi connectivity index (χ0) is 13.5. The van der Waals surface area contributed by atoms with Gasteiger partial charge in [0, 0.05) is 12.1 Å². The Hall–Kier alpha value is -1.32. The van der Waals surface area contributed by atoms with Gasteiger partial charge in [-0.3, -0.25) is 0 Å². The molecule has 0 fully saturated rings. The lowest BCUT2D eigenvalue weighted by Gasteiger charge is -2.18. The third kappa shape index (κ3) is 4.90. The molecule has 2 atom stereocenters. The highest BCUT2D eigenvalue weighted by atomic mass is 16.5. The van der Waals surface area contributed by atoms with Crippen LogP contribution in [0.2, 0.25) is 0 Å². The van der Waals surface area contributed by atoms with Crippen LogP contribution in [0.4, 0.5) is 5.82 Å². The van der Waals surface area contributed by atoms with Crippen LogP contribution in [0.15, 0.2) is 6.07 Å². The van der Waals surface area contributed by atoms with E-state index in [1.807, 2.05) is 19.9 Å². The summed E-state index contributed by atoms with van der Waals surface area (Å²) in [5.74, 6) is 2.95. The SMILES string of the molecule is CCOc1cc(NC(C)CC(C)CC)nc(C)n1. The van der Waals surface area contributed by atoms with E-state index in [0.29, 0.717) is 18.5 Å². The number of hydrogen-bond donors (Lipinski definition) is 1. The Morgan fingerprint density at radius 2 is 2.00 bits per heavy atom. The number of rotatable bonds is 7. The maximum Gasteiger partial charge on any atom is 0.218 e. The fourth-order valence-corrected chi connectivity index (χ4v) is 1.92. The van der Waals surface area contributed by atoms with E-state index in [-0.39, 0.29) is 0 Å². The quantitative estimate of drug-likeness (QED) is 0.806. The minimum Gasteiger partial charge on any atom is -0.478 e. The fourth-order valence-electron chi connectivity index (χ4n) is 1.92. The van der Waals surface area contributed by atoms with E-state index in [1.165, 1.54) is 6.42 Å². The first-order valence-corrected chi connectivity index (χ1v) is 6.80. The van der Waals surface area contributed by atoms with Gasteiger partial charge < -0.3 is 10.1 Å². The molecule has 1 rings (SSSR count). The molecule has 4 heteroatoms. The van der Waals surface area contributed by atoms with Gasteiger partial charge in [0.05, 0.1) is 6.61 Å². The van der Waals surface area contributed by atoms with Gasteiger partial charge in [0.2, 0.25) is 5.88 Å². The highest BCUT2D eigenvalue weighted by Gasteiger charge is 2.09. The summed E-state index contributed by atoms with van der Waals surface area (Å²) < 4.78 is 5.42. The van der Waals surface area contributed by atoms with Gasteiger partial charge in [-0.15, -0.1) is 0 Å². The summed E-state index contributed by atoms with van der Waals surface area (Å²) >= 11 is 0. The largest absolute Gasteiger partial charge is 0.478 e. The summed E-state index contributed by atoms with van der Waals surface area (Å²) in [6.45, 7) is 11.1. The lowest BCUT2D eigenvalue weighted by molar-refractivity contribution is 0.325. The maximum atomic E-state index is 5.42. The first kappa shape index (κ1) is 14.7. The second kappa shape index (κ2) is 7.19. The van der Waals surface area contributed by atoms with Crippen LogP contribution in [0.5, 0.6) is 5.88 Å². The van der Waals surface area contributed by atoms with Crippen molar-refractivity contribution in [2.24, 2.45) is 5.92 Å². The number of aryl methyl sites for hydroxylation is 1. The Bertz CT molecular complexity index is 368. The van der Waals surface area contributed by atoms with E-state index in [2.05, 4.69) is 36.1 Å². The summed E-state index contributed by atoms with van der Waals surface area (Å²) in [6, 6.07) is 2.27. The molecule has 4 nitrogen and oxygen atoms in total. The zero-order valence-electron chi connectivity index (χ0n) is 12.2. The molecule has 0 spiro atoms. The van der Waals surface area contributed by atoms with Crippen LogP contribution in [0, 0.1) is 12.8 Å². The fraction of sp³-hybridized carbons (Fsp3) is 0.714. The molecule has 2 unspecified atom stereocenters. The minimum absolute atomic E-state index is 0.406. The summed E-state index contributed by atoms with van der Waals surface area (Å²) in [7, 11) is 0. The van der Waals surface area contributed by atoms with E-state index >= 15 is 0 Å². The number of ether oxygens (including phenoxy) is 1. The zero-order valence-corrected chi connectivity index (χ0v) is 12.2. The van der Waals surface area contributed by atoms with E-state index in [4.69, 9.17) is 4.74 Å². The predicted octanol–water partition coefficient (Wildman–Crippen LogP) is 3.42. The van der Waals surface area contributed by atoms with Crippen molar-refractivity contribution >= 4 is 5.82 Å². The molecule has 0 aliphatic heterocycles. The van der Waals surface area contributed by atoms with Gasteiger partial charge in [0.15, 0.2) is 0 Å². The molecule has 1 N–H and O–H groups in total. The Morgan fingerprint density at radius 1 is 1.28 bits per heavy atom. The van der Waals surface area contributed by atoms with Crippen molar-refractivity contribution in [3.8, 4) is 5.88 Å². The molecule has 102 valence electrons. The second-order valence-electron chi connectivity index (χ2n) is 4.87. The molecule has 1 heterocycles. The summed E-state index contributed by atoms with van der Waals surface area (Å²) in [6.07, 6.45) is 2.35. The van der Waals surface area contributed by atoms with Gasteiger partial charge >= 0.3 is 0 Å². The minimum atomic E-state index is 0.406. The van der Waals surface area contributed by atoms with Crippen LogP contribution in [0.1, 0.15) is 46.4 Å². The second-order valence-corrected chi connectivity index (χ2v) is 4.87. The molecule has 0 saturated carbocycles. The smallest absolute Gasteiger partial charge is 0.218 e. The molecule has 0 aromatic carbocycles. The summed E-state index contributed by atoms with van der Waals surface area (Å²) in [5.41, 5.74) is 0. The molecule has 0 aliphatic carbocycles. The van der Waals surface area contributed by atoms with Gasteiger partial charge in [0.25, 0.3) is 0 Å². The van der Waals surface area contributed by atoms with Crippen LogP contribution in [0.3, 0.4) is 0 Å². The van der Waals surface area contributed by atoms with Crippen molar-refractivity contribution in [2.75, 3.05) is 11.9 Å². The van der Waals surface area contributed by atoms with E-state index in [9.17, 15) is 0 Å². The highest BCUT2D eigenvalue weighted by molar-refractivity contribution is 5.39. The monoisotopic (exact) mass is 251 g/mol. The standard InChI is InChI=1S/C14H25N3O/c1-6-10(3)8-11(4)15-13-9-14(18-7-2)17-12(5)16-13/h9-11H,6-8H2,1-5H3,(H,15,16,17). The van der Waals surface area contributed by atoms with Gasteiger partial charge in [-0.2, -0.15) is 4.98 Å². The molecule has 0 saturated heterocycles. The number of hydrogen-bond acceptors (Lipinski definition) is 4. The van der Waals surface area contributed by atoms with Crippen LogP contribution < -0.4 is 10.1 Å². The first-order valence-electron chi connectivity index (χ1n) is 6.80. The predicted molar refractivity (Wildman–Crippen MR) is 75.1 cm³/mol. The Morgan fingerprint density at radius 3 is 2.61 bits per heavy atom. The maximum absolute atomic E-state index is 5.42. The topological polar surface area (TPSA) is 47.0 Å². The molecule has 18 heavy (non-hydrogen) atoms. The molecule has 0 bridgehead atoms.